The van der Waals surface area contributed by atoms with Crippen molar-refractivity contribution in [3.63, 3.8) is 0 Å². The van der Waals surface area contributed by atoms with Crippen molar-refractivity contribution in [2.75, 3.05) is 6.54 Å². The molecule has 0 aliphatic rings. The highest BCUT2D eigenvalue weighted by molar-refractivity contribution is 6.32. The Labute approximate surface area is 81.1 Å². The summed E-state index contributed by atoms with van der Waals surface area (Å²) in [6, 6.07) is 4.20. The van der Waals surface area contributed by atoms with Crippen LogP contribution >= 0.6 is 11.6 Å². The quantitative estimate of drug-likeness (QED) is 0.774. The van der Waals surface area contributed by atoms with Crippen molar-refractivity contribution in [1.82, 2.24) is 0 Å². The zero-order chi connectivity index (χ0) is 10.1. The molecule has 1 aromatic carbocycles. The molecule has 13 heavy (non-hydrogen) atoms. The molecule has 0 fully saturated rings. The lowest BCUT2D eigenvalue weighted by atomic mass is 9.98. The van der Waals surface area contributed by atoms with Crippen molar-refractivity contribution in [1.29, 1.82) is 0 Å². The molecular formula is C9H11ClFNO. The Hall–Kier alpha value is -0.800. The fraction of sp³-hybridized carbons (Fsp3) is 0.333. The highest BCUT2D eigenvalue weighted by Gasteiger charge is 2.24. The molecular weight excluding hydrogens is 193 g/mol. The van der Waals surface area contributed by atoms with Crippen LogP contribution in [0.15, 0.2) is 18.2 Å². The molecule has 0 radical (unpaired) electrons. The SMILES string of the molecule is CC(F)(CN)c1ccc(O)c(Cl)c1. The van der Waals surface area contributed by atoms with E-state index in [1.165, 1.54) is 25.1 Å². The van der Waals surface area contributed by atoms with Gasteiger partial charge in [0.05, 0.1) is 5.02 Å². The average molecular weight is 204 g/mol. The lowest BCUT2D eigenvalue weighted by Crippen LogP contribution is -2.26. The smallest absolute Gasteiger partial charge is 0.145 e. The first kappa shape index (κ1) is 10.3. The average Bonchev–Trinajstić information content (AvgIpc) is 2.09. The van der Waals surface area contributed by atoms with Crippen molar-refractivity contribution in [3.8, 4) is 5.75 Å². The zero-order valence-electron chi connectivity index (χ0n) is 7.22. The van der Waals surface area contributed by atoms with E-state index in [1.54, 1.807) is 0 Å². The van der Waals surface area contributed by atoms with Gasteiger partial charge in [-0.2, -0.15) is 0 Å². The number of hydrogen-bond donors (Lipinski definition) is 2. The van der Waals surface area contributed by atoms with Gasteiger partial charge in [0.25, 0.3) is 0 Å². The number of rotatable bonds is 2. The minimum atomic E-state index is -1.60. The lowest BCUT2D eigenvalue weighted by Gasteiger charge is -2.18. The van der Waals surface area contributed by atoms with Crippen LogP contribution in [-0.2, 0) is 5.67 Å². The number of phenolic OH excluding ortho intramolecular Hbond substituents is 1. The van der Waals surface area contributed by atoms with Gasteiger partial charge >= 0.3 is 0 Å². The van der Waals surface area contributed by atoms with Gasteiger partial charge < -0.3 is 10.8 Å². The Morgan fingerprint density at radius 1 is 1.62 bits per heavy atom. The minimum Gasteiger partial charge on any atom is -0.506 e. The third-order valence-electron chi connectivity index (χ3n) is 1.93. The summed E-state index contributed by atoms with van der Waals surface area (Å²) in [5.41, 5.74) is 4.02. The summed E-state index contributed by atoms with van der Waals surface area (Å²) >= 11 is 5.62. The van der Waals surface area contributed by atoms with E-state index in [0.717, 1.165) is 0 Å². The molecule has 0 amide bonds. The van der Waals surface area contributed by atoms with Gasteiger partial charge in [0, 0.05) is 6.54 Å². The second kappa shape index (κ2) is 3.52. The van der Waals surface area contributed by atoms with E-state index in [9.17, 15) is 4.39 Å². The van der Waals surface area contributed by atoms with Gasteiger partial charge in [-0.25, -0.2) is 4.39 Å². The molecule has 72 valence electrons. The Morgan fingerprint density at radius 2 is 2.23 bits per heavy atom. The Kier molecular flexibility index (Phi) is 2.78. The highest BCUT2D eigenvalue weighted by atomic mass is 35.5. The predicted octanol–water partition coefficient (Wildman–Crippen LogP) is 2.19. The maximum atomic E-state index is 13.6. The number of benzene rings is 1. The van der Waals surface area contributed by atoms with Crippen LogP contribution in [0.25, 0.3) is 0 Å². The molecule has 0 saturated carbocycles. The largest absolute Gasteiger partial charge is 0.506 e. The van der Waals surface area contributed by atoms with Crippen LogP contribution in [0.5, 0.6) is 5.75 Å². The molecule has 3 N–H and O–H groups in total. The van der Waals surface area contributed by atoms with E-state index in [-0.39, 0.29) is 17.3 Å². The molecule has 0 aromatic heterocycles. The summed E-state index contributed by atoms with van der Waals surface area (Å²) in [6.07, 6.45) is 0. The molecule has 0 saturated heterocycles. The van der Waals surface area contributed by atoms with Gasteiger partial charge in [-0.3, -0.25) is 0 Å². The summed E-state index contributed by atoms with van der Waals surface area (Å²) in [7, 11) is 0. The van der Waals surface area contributed by atoms with E-state index in [2.05, 4.69) is 0 Å². The van der Waals surface area contributed by atoms with Crippen LogP contribution in [0.2, 0.25) is 5.02 Å². The molecule has 0 aliphatic heterocycles. The van der Waals surface area contributed by atoms with Crippen LogP contribution in [0.3, 0.4) is 0 Å². The number of phenols is 1. The maximum Gasteiger partial charge on any atom is 0.145 e. The summed E-state index contributed by atoms with van der Waals surface area (Å²) < 4.78 is 13.6. The fourth-order valence-electron chi connectivity index (χ4n) is 0.949. The molecule has 1 unspecified atom stereocenters. The van der Waals surface area contributed by atoms with Crippen LogP contribution in [0.4, 0.5) is 4.39 Å². The first-order valence-corrected chi connectivity index (χ1v) is 4.23. The van der Waals surface area contributed by atoms with E-state index >= 15 is 0 Å². The number of halogens is 2. The highest BCUT2D eigenvalue weighted by Crippen LogP contribution is 2.30. The van der Waals surface area contributed by atoms with Gasteiger partial charge in [-0.15, -0.1) is 0 Å². The summed E-state index contributed by atoms with van der Waals surface area (Å²) in [5.74, 6) is -0.0572. The van der Waals surface area contributed by atoms with Crippen molar-refractivity contribution < 1.29 is 9.50 Å². The minimum absolute atomic E-state index is 0.0572. The molecule has 1 aromatic rings. The van der Waals surface area contributed by atoms with Crippen LogP contribution in [0, 0.1) is 0 Å². The number of nitrogens with two attached hydrogens (primary N) is 1. The second-order valence-electron chi connectivity index (χ2n) is 3.07. The van der Waals surface area contributed by atoms with E-state index in [0.29, 0.717) is 5.56 Å². The van der Waals surface area contributed by atoms with Crippen LogP contribution < -0.4 is 5.73 Å². The Morgan fingerprint density at radius 3 is 2.69 bits per heavy atom. The normalized spacial score (nSPS) is 15.4. The van der Waals surface area contributed by atoms with Gasteiger partial charge in [-0.05, 0) is 24.6 Å². The Bertz CT molecular complexity index is 314. The molecule has 4 heteroatoms. The first-order chi connectivity index (χ1) is 5.97. The molecule has 0 spiro atoms. The van der Waals surface area contributed by atoms with E-state index < -0.39 is 5.67 Å². The molecule has 1 atom stereocenters. The van der Waals surface area contributed by atoms with Gasteiger partial charge in [0.2, 0.25) is 0 Å². The van der Waals surface area contributed by atoms with Crippen LogP contribution in [0.1, 0.15) is 12.5 Å². The molecule has 2 nitrogen and oxygen atoms in total. The summed E-state index contributed by atoms with van der Waals surface area (Å²) in [6.45, 7) is 1.25. The molecule has 0 aliphatic carbocycles. The lowest BCUT2D eigenvalue weighted by molar-refractivity contribution is 0.203. The van der Waals surface area contributed by atoms with Gasteiger partial charge in [0.15, 0.2) is 0 Å². The zero-order valence-corrected chi connectivity index (χ0v) is 7.98. The third kappa shape index (κ3) is 2.11. The summed E-state index contributed by atoms with van der Waals surface area (Å²) in [4.78, 5) is 0. The predicted molar refractivity (Wildman–Crippen MR) is 50.6 cm³/mol. The number of alkyl halides is 1. The molecule has 0 heterocycles. The standard InChI is InChI=1S/C9H11ClFNO/c1-9(11,5-12)6-2-3-8(13)7(10)4-6/h2-4,13H,5,12H2,1H3. The Balaban J connectivity index is 3.10. The van der Waals surface area contributed by atoms with Crippen molar-refractivity contribution in [2.24, 2.45) is 5.73 Å². The van der Waals surface area contributed by atoms with E-state index in [4.69, 9.17) is 22.4 Å². The first-order valence-electron chi connectivity index (χ1n) is 3.85. The van der Waals surface area contributed by atoms with E-state index in [1.807, 2.05) is 0 Å². The molecule has 0 bridgehead atoms. The van der Waals surface area contributed by atoms with Crippen molar-refractivity contribution in [3.05, 3.63) is 28.8 Å². The maximum absolute atomic E-state index is 13.6. The van der Waals surface area contributed by atoms with Crippen molar-refractivity contribution >= 4 is 11.6 Å². The number of hydrogen-bond acceptors (Lipinski definition) is 2. The summed E-state index contributed by atoms with van der Waals surface area (Å²) in [5, 5.41) is 9.23. The van der Waals surface area contributed by atoms with Gasteiger partial charge in [0.1, 0.15) is 11.4 Å². The van der Waals surface area contributed by atoms with Gasteiger partial charge in [-0.1, -0.05) is 17.7 Å². The van der Waals surface area contributed by atoms with Crippen molar-refractivity contribution in [2.45, 2.75) is 12.6 Å². The second-order valence-corrected chi connectivity index (χ2v) is 3.47. The molecule has 1 rings (SSSR count). The monoisotopic (exact) mass is 203 g/mol. The number of aromatic hydroxyl groups is 1. The third-order valence-corrected chi connectivity index (χ3v) is 2.24. The van der Waals surface area contributed by atoms with Crippen LogP contribution in [-0.4, -0.2) is 11.7 Å². The fourth-order valence-corrected chi connectivity index (χ4v) is 1.13. The topological polar surface area (TPSA) is 46.2 Å².